The van der Waals surface area contributed by atoms with Gasteiger partial charge in [0.2, 0.25) is 0 Å². The molecule has 0 radical (unpaired) electrons. The summed E-state index contributed by atoms with van der Waals surface area (Å²) in [5.41, 5.74) is -0.680. The van der Waals surface area contributed by atoms with Crippen molar-refractivity contribution in [1.82, 2.24) is 14.9 Å². The summed E-state index contributed by atoms with van der Waals surface area (Å²) in [6, 6.07) is 0. The van der Waals surface area contributed by atoms with E-state index in [0.717, 1.165) is 36.7 Å². The second-order valence-corrected chi connectivity index (χ2v) is 4.92. The van der Waals surface area contributed by atoms with Gasteiger partial charge in [-0.05, 0) is 12.8 Å². The monoisotopic (exact) mass is 259 g/mol. The number of aliphatic hydroxyl groups is 1. The summed E-state index contributed by atoms with van der Waals surface area (Å²) in [5, 5.41) is 13.3. The topological polar surface area (TPSA) is 50.1 Å². The van der Waals surface area contributed by atoms with Gasteiger partial charge in [-0.2, -0.15) is 8.78 Å². The van der Waals surface area contributed by atoms with E-state index in [2.05, 4.69) is 10.3 Å². The first-order valence-corrected chi connectivity index (χ1v) is 6.34. The highest BCUT2D eigenvalue weighted by atomic mass is 19.3. The predicted molar refractivity (Wildman–Crippen MR) is 63.2 cm³/mol. The van der Waals surface area contributed by atoms with Crippen LogP contribution in [0, 0.1) is 0 Å². The number of nitrogens with zero attached hydrogens (tertiary/aromatic N) is 2. The van der Waals surface area contributed by atoms with Crippen molar-refractivity contribution in [3.8, 4) is 0 Å². The third kappa shape index (κ3) is 3.26. The van der Waals surface area contributed by atoms with Crippen molar-refractivity contribution >= 4 is 0 Å². The molecule has 6 heteroatoms. The van der Waals surface area contributed by atoms with Gasteiger partial charge in [0.15, 0.2) is 0 Å². The number of imidazole rings is 1. The zero-order chi connectivity index (χ0) is 13.0. The molecule has 1 aromatic rings. The van der Waals surface area contributed by atoms with Gasteiger partial charge in [-0.25, -0.2) is 4.98 Å². The molecule has 1 aliphatic rings. The predicted octanol–water partition coefficient (Wildman–Crippen LogP) is 2.06. The van der Waals surface area contributed by atoms with Crippen molar-refractivity contribution in [2.75, 3.05) is 6.54 Å². The van der Waals surface area contributed by atoms with Crippen LogP contribution in [-0.4, -0.2) is 26.8 Å². The Morgan fingerprint density at radius 1 is 1.39 bits per heavy atom. The Labute approximate surface area is 105 Å². The molecule has 0 aromatic carbocycles. The Kier molecular flexibility index (Phi) is 4.29. The fourth-order valence-corrected chi connectivity index (χ4v) is 2.45. The number of halogens is 2. The highest BCUT2D eigenvalue weighted by molar-refractivity contribution is 4.93. The Bertz CT molecular complexity index is 375. The lowest BCUT2D eigenvalue weighted by atomic mass is 9.85. The molecule has 1 fully saturated rings. The lowest BCUT2D eigenvalue weighted by Gasteiger charge is -2.32. The average Bonchev–Trinajstić information content (AvgIpc) is 2.78. The normalized spacial score (nSPS) is 19.3. The van der Waals surface area contributed by atoms with Crippen molar-refractivity contribution in [2.24, 2.45) is 0 Å². The van der Waals surface area contributed by atoms with Gasteiger partial charge < -0.3 is 10.4 Å². The summed E-state index contributed by atoms with van der Waals surface area (Å²) >= 11 is 0. The fourth-order valence-electron chi connectivity index (χ4n) is 2.45. The minimum Gasteiger partial charge on any atom is -0.389 e. The van der Waals surface area contributed by atoms with Gasteiger partial charge in [-0.15, -0.1) is 0 Å². The molecule has 4 nitrogen and oxygen atoms in total. The van der Waals surface area contributed by atoms with Crippen molar-refractivity contribution in [1.29, 1.82) is 0 Å². The fraction of sp³-hybridized carbons (Fsp3) is 0.750. The molecule has 0 atom stereocenters. The minimum atomic E-state index is -2.57. The number of rotatable bonds is 5. The van der Waals surface area contributed by atoms with Gasteiger partial charge in [0.25, 0.3) is 0 Å². The lowest BCUT2D eigenvalue weighted by Crippen LogP contribution is -2.42. The molecule has 0 amide bonds. The number of hydrogen-bond donors (Lipinski definition) is 2. The standard InChI is InChI=1S/C12H19F2N3O/c13-11(14)17-7-6-16-10(17)8-15-9-12(18)4-2-1-3-5-12/h6-7,11,15,18H,1-5,8-9H2. The molecule has 102 valence electrons. The maximum atomic E-state index is 12.6. The van der Waals surface area contributed by atoms with E-state index < -0.39 is 12.2 Å². The third-order valence-electron chi connectivity index (χ3n) is 3.48. The van der Waals surface area contributed by atoms with Gasteiger partial charge in [-0.3, -0.25) is 4.57 Å². The molecule has 2 rings (SSSR count). The third-order valence-corrected chi connectivity index (χ3v) is 3.48. The molecule has 1 aromatic heterocycles. The van der Waals surface area contributed by atoms with Crippen LogP contribution in [0.25, 0.3) is 0 Å². The zero-order valence-corrected chi connectivity index (χ0v) is 10.3. The second-order valence-electron chi connectivity index (χ2n) is 4.92. The van der Waals surface area contributed by atoms with Gasteiger partial charge in [0.1, 0.15) is 5.82 Å². The first-order valence-electron chi connectivity index (χ1n) is 6.34. The molecule has 1 saturated carbocycles. The molecule has 18 heavy (non-hydrogen) atoms. The van der Waals surface area contributed by atoms with Crippen LogP contribution in [0.15, 0.2) is 12.4 Å². The van der Waals surface area contributed by atoms with E-state index in [-0.39, 0.29) is 6.54 Å². The molecular formula is C12H19F2N3O. The number of nitrogens with one attached hydrogen (secondary N) is 1. The maximum absolute atomic E-state index is 12.6. The molecule has 0 saturated heterocycles. The molecule has 1 aliphatic carbocycles. The van der Waals surface area contributed by atoms with Crippen LogP contribution in [0.5, 0.6) is 0 Å². The Morgan fingerprint density at radius 3 is 2.78 bits per heavy atom. The number of hydrogen-bond acceptors (Lipinski definition) is 3. The van der Waals surface area contributed by atoms with E-state index in [1.54, 1.807) is 0 Å². The van der Waals surface area contributed by atoms with Crippen molar-refractivity contribution < 1.29 is 13.9 Å². The molecular weight excluding hydrogens is 240 g/mol. The van der Waals surface area contributed by atoms with Crippen LogP contribution in [0.4, 0.5) is 8.78 Å². The summed E-state index contributed by atoms with van der Waals surface area (Å²) < 4.78 is 26.0. The van der Waals surface area contributed by atoms with E-state index >= 15 is 0 Å². The van der Waals surface area contributed by atoms with Gasteiger partial charge in [-0.1, -0.05) is 19.3 Å². The average molecular weight is 259 g/mol. The van der Waals surface area contributed by atoms with Crippen LogP contribution in [0.2, 0.25) is 0 Å². The highest BCUT2D eigenvalue weighted by Crippen LogP contribution is 2.27. The van der Waals surface area contributed by atoms with Crippen LogP contribution in [-0.2, 0) is 6.54 Å². The quantitative estimate of drug-likeness (QED) is 0.851. The zero-order valence-electron chi connectivity index (χ0n) is 10.3. The Hall–Kier alpha value is -1.01. The maximum Gasteiger partial charge on any atom is 0.319 e. The Balaban J connectivity index is 1.82. The number of alkyl halides is 2. The van der Waals surface area contributed by atoms with Crippen molar-refractivity contribution in [3.05, 3.63) is 18.2 Å². The summed E-state index contributed by atoms with van der Waals surface area (Å²) in [4.78, 5) is 3.88. The van der Waals surface area contributed by atoms with E-state index in [4.69, 9.17) is 0 Å². The van der Waals surface area contributed by atoms with Gasteiger partial charge in [0, 0.05) is 18.9 Å². The highest BCUT2D eigenvalue weighted by Gasteiger charge is 2.28. The minimum absolute atomic E-state index is 0.250. The lowest BCUT2D eigenvalue weighted by molar-refractivity contribution is 0.00419. The molecule has 0 bridgehead atoms. The van der Waals surface area contributed by atoms with Gasteiger partial charge in [0.05, 0.1) is 12.1 Å². The molecule has 1 heterocycles. The second kappa shape index (κ2) is 5.75. The smallest absolute Gasteiger partial charge is 0.319 e. The first-order chi connectivity index (χ1) is 8.61. The van der Waals surface area contributed by atoms with Crippen molar-refractivity contribution in [3.63, 3.8) is 0 Å². The molecule has 2 N–H and O–H groups in total. The van der Waals surface area contributed by atoms with Crippen LogP contribution >= 0.6 is 0 Å². The van der Waals surface area contributed by atoms with E-state index in [1.165, 1.54) is 12.4 Å². The number of aromatic nitrogens is 2. The van der Waals surface area contributed by atoms with Crippen molar-refractivity contribution in [2.45, 2.75) is 50.8 Å². The summed E-state index contributed by atoms with van der Waals surface area (Å²) in [7, 11) is 0. The largest absolute Gasteiger partial charge is 0.389 e. The summed E-state index contributed by atoms with van der Waals surface area (Å²) in [6.45, 7) is -1.88. The molecule has 0 unspecified atom stereocenters. The molecule has 0 spiro atoms. The SMILES string of the molecule is OC1(CNCc2nccn2C(F)F)CCCCC1. The molecule has 0 aliphatic heterocycles. The van der Waals surface area contributed by atoms with Crippen LogP contribution in [0.1, 0.15) is 44.5 Å². The van der Waals surface area contributed by atoms with Crippen LogP contribution < -0.4 is 5.32 Å². The van der Waals surface area contributed by atoms with E-state index in [0.29, 0.717) is 12.4 Å². The van der Waals surface area contributed by atoms with Crippen LogP contribution in [0.3, 0.4) is 0 Å². The Morgan fingerprint density at radius 2 is 2.11 bits per heavy atom. The van der Waals surface area contributed by atoms with E-state index in [1.807, 2.05) is 0 Å². The first kappa shape index (κ1) is 13.4. The van der Waals surface area contributed by atoms with Gasteiger partial charge >= 0.3 is 6.55 Å². The summed E-state index contributed by atoms with van der Waals surface area (Å²) in [6.07, 6.45) is 7.41. The van der Waals surface area contributed by atoms with E-state index in [9.17, 15) is 13.9 Å². The summed E-state index contributed by atoms with van der Waals surface area (Å²) in [5.74, 6) is 0.296.